The summed E-state index contributed by atoms with van der Waals surface area (Å²) in [6.07, 6.45) is 2.80. The molecule has 160 valence electrons. The van der Waals surface area contributed by atoms with E-state index in [9.17, 15) is 4.79 Å². The molecule has 1 atom stereocenters. The Morgan fingerprint density at radius 1 is 1.37 bits per heavy atom. The minimum atomic E-state index is -0.339. The fourth-order valence-electron chi connectivity index (χ4n) is 4.30. The molecule has 0 aliphatic carbocycles. The number of para-hydroxylation sites is 1. The first-order valence-corrected chi connectivity index (χ1v) is 10.7. The lowest BCUT2D eigenvalue weighted by Gasteiger charge is -2.47. The number of rotatable bonds is 6. The van der Waals surface area contributed by atoms with Crippen LogP contribution in [-0.4, -0.2) is 30.8 Å². The molecule has 30 heavy (non-hydrogen) atoms. The van der Waals surface area contributed by atoms with Crippen LogP contribution in [0.3, 0.4) is 0 Å². The van der Waals surface area contributed by atoms with Crippen molar-refractivity contribution >= 4 is 29.4 Å². The third-order valence-corrected chi connectivity index (χ3v) is 5.99. The quantitative estimate of drug-likeness (QED) is 0.503. The van der Waals surface area contributed by atoms with Crippen LogP contribution >= 0.6 is 11.6 Å². The van der Waals surface area contributed by atoms with Gasteiger partial charge in [-0.1, -0.05) is 30.7 Å². The summed E-state index contributed by atoms with van der Waals surface area (Å²) in [6.45, 7) is 12.0. The predicted molar refractivity (Wildman–Crippen MR) is 124 cm³/mol. The van der Waals surface area contributed by atoms with E-state index in [2.05, 4.69) is 62.2 Å². The molecule has 1 amide bonds. The summed E-state index contributed by atoms with van der Waals surface area (Å²) in [5.74, 6) is 0.597. The molecule has 0 radical (unpaired) electrons. The van der Waals surface area contributed by atoms with Gasteiger partial charge >= 0.3 is 0 Å². The average Bonchev–Trinajstić information content (AvgIpc) is 2.68. The van der Waals surface area contributed by atoms with Gasteiger partial charge in [0.25, 0.3) is 5.91 Å². The molecular formula is C24H30ClN3O2. The zero-order valence-corrected chi connectivity index (χ0v) is 19.1. The zero-order chi connectivity index (χ0) is 21.9. The second kappa shape index (κ2) is 9.09. The van der Waals surface area contributed by atoms with Crippen molar-refractivity contribution in [3.8, 4) is 5.75 Å². The van der Waals surface area contributed by atoms with E-state index in [0.29, 0.717) is 16.7 Å². The number of ether oxygens (including phenoxy) is 1. The minimum Gasteiger partial charge on any atom is -0.482 e. The first kappa shape index (κ1) is 22.2. The maximum absolute atomic E-state index is 12.0. The van der Waals surface area contributed by atoms with Crippen LogP contribution in [0.2, 0.25) is 5.02 Å². The molecule has 0 unspecified atom stereocenters. The molecule has 0 bridgehead atoms. The van der Waals surface area contributed by atoms with Gasteiger partial charge in [0.05, 0.1) is 11.2 Å². The van der Waals surface area contributed by atoms with Crippen molar-refractivity contribution in [2.24, 2.45) is 5.10 Å². The Labute approximate surface area is 184 Å². The number of hydrazone groups is 1. The molecule has 0 saturated heterocycles. The van der Waals surface area contributed by atoms with E-state index in [4.69, 9.17) is 16.3 Å². The fraction of sp³-hybridized carbons (Fsp3) is 0.417. The normalized spacial score (nSPS) is 17.7. The fourth-order valence-corrected chi connectivity index (χ4v) is 4.49. The van der Waals surface area contributed by atoms with Crippen LogP contribution in [0.4, 0.5) is 5.69 Å². The van der Waals surface area contributed by atoms with E-state index < -0.39 is 0 Å². The Morgan fingerprint density at radius 3 is 2.80 bits per heavy atom. The molecule has 1 N–H and O–H groups in total. The van der Waals surface area contributed by atoms with Crippen LogP contribution in [0.1, 0.15) is 56.7 Å². The lowest BCUT2D eigenvalue weighted by Crippen LogP contribution is -2.48. The van der Waals surface area contributed by atoms with Gasteiger partial charge in [0.15, 0.2) is 6.61 Å². The summed E-state index contributed by atoms with van der Waals surface area (Å²) in [5, 5.41) is 4.60. The summed E-state index contributed by atoms with van der Waals surface area (Å²) in [4.78, 5) is 14.5. The summed E-state index contributed by atoms with van der Waals surface area (Å²) in [6, 6.07) is 11.5. The van der Waals surface area contributed by atoms with Gasteiger partial charge in [-0.25, -0.2) is 5.43 Å². The number of halogens is 1. The number of nitrogens with zero attached hydrogens (tertiary/aromatic N) is 2. The van der Waals surface area contributed by atoms with Crippen LogP contribution in [0.15, 0.2) is 41.5 Å². The smallest absolute Gasteiger partial charge is 0.277 e. The van der Waals surface area contributed by atoms with Gasteiger partial charge in [-0.15, -0.1) is 0 Å². The van der Waals surface area contributed by atoms with Crippen molar-refractivity contribution < 1.29 is 9.53 Å². The predicted octanol–water partition coefficient (Wildman–Crippen LogP) is 5.29. The molecule has 0 fully saturated rings. The Morgan fingerprint density at radius 2 is 2.10 bits per heavy atom. The highest BCUT2D eigenvalue weighted by Gasteiger charge is 2.35. The van der Waals surface area contributed by atoms with Gasteiger partial charge in [-0.05, 0) is 81.0 Å². The number of nitrogens with one attached hydrogen (secondary N) is 1. The van der Waals surface area contributed by atoms with Crippen LogP contribution in [0, 0.1) is 6.92 Å². The van der Waals surface area contributed by atoms with E-state index in [0.717, 1.165) is 24.1 Å². The molecule has 0 spiro atoms. The number of hydrogen-bond donors (Lipinski definition) is 1. The first-order chi connectivity index (χ1) is 14.2. The highest BCUT2D eigenvalue weighted by molar-refractivity contribution is 6.32. The lowest BCUT2D eigenvalue weighted by molar-refractivity contribution is -0.123. The number of anilines is 1. The Balaban J connectivity index is 1.68. The lowest BCUT2D eigenvalue weighted by atomic mass is 9.79. The SMILES string of the molecule is CCN1c2cc(C)c(/C=N/NC(=O)COc3ccccc3Cl)cc2[C@H](C)CC1(C)C. The van der Waals surface area contributed by atoms with Gasteiger partial charge in [-0.3, -0.25) is 4.79 Å². The molecule has 6 heteroatoms. The minimum absolute atomic E-state index is 0.138. The summed E-state index contributed by atoms with van der Waals surface area (Å²) in [7, 11) is 0. The Bertz CT molecular complexity index is 955. The molecular weight excluding hydrogens is 398 g/mol. The Hall–Kier alpha value is -2.53. The largest absolute Gasteiger partial charge is 0.482 e. The summed E-state index contributed by atoms with van der Waals surface area (Å²) >= 11 is 6.03. The van der Waals surface area contributed by atoms with Crippen LogP contribution in [0.25, 0.3) is 0 Å². The van der Waals surface area contributed by atoms with Gasteiger partial charge in [0, 0.05) is 17.8 Å². The number of hydrogen-bond acceptors (Lipinski definition) is 4. The third kappa shape index (κ3) is 4.78. The van der Waals surface area contributed by atoms with Gasteiger partial charge < -0.3 is 9.64 Å². The maximum atomic E-state index is 12.0. The standard InChI is InChI=1S/C24H30ClN3O2/c1-6-28-21-11-16(2)18(12-19(21)17(3)13-24(28,4)5)14-26-27-23(29)15-30-22-10-8-7-9-20(22)25/h7-12,14,17H,6,13,15H2,1-5H3,(H,27,29)/b26-14+/t17-/m1/s1. The van der Waals surface area contributed by atoms with E-state index in [-0.39, 0.29) is 18.1 Å². The second-order valence-corrected chi connectivity index (χ2v) is 8.85. The number of fused-ring (bicyclic) bond motifs is 1. The van der Waals surface area contributed by atoms with E-state index >= 15 is 0 Å². The van der Waals surface area contributed by atoms with Crippen LogP contribution in [0.5, 0.6) is 5.75 Å². The van der Waals surface area contributed by atoms with Crippen molar-refractivity contribution in [3.05, 3.63) is 58.1 Å². The van der Waals surface area contributed by atoms with Crippen molar-refractivity contribution in [2.45, 2.75) is 52.5 Å². The zero-order valence-electron chi connectivity index (χ0n) is 18.3. The van der Waals surface area contributed by atoms with Gasteiger partial charge in [-0.2, -0.15) is 5.10 Å². The molecule has 2 aromatic rings. The molecule has 3 rings (SSSR count). The van der Waals surface area contributed by atoms with E-state index in [1.165, 1.54) is 11.3 Å². The van der Waals surface area contributed by atoms with Crippen LogP contribution < -0.4 is 15.1 Å². The maximum Gasteiger partial charge on any atom is 0.277 e. The number of carbonyl (C=O) groups is 1. The topological polar surface area (TPSA) is 53.9 Å². The van der Waals surface area contributed by atoms with Crippen molar-refractivity contribution in [1.82, 2.24) is 5.43 Å². The molecule has 1 aliphatic rings. The van der Waals surface area contributed by atoms with E-state index in [1.807, 2.05) is 6.07 Å². The average molecular weight is 428 g/mol. The molecule has 5 nitrogen and oxygen atoms in total. The summed E-state index contributed by atoms with van der Waals surface area (Å²) in [5.41, 5.74) is 7.42. The highest BCUT2D eigenvalue weighted by atomic mass is 35.5. The van der Waals surface area contributed by atoms with Gasteiger partial charge in [0.2, 0.25) is 0 Å². The molecule has 1 heterocycles. The van der Waals surface area contributed by atoms with Gasteiger partial charge in [0.1, 0.15) is 5.75 Å². The van der Waals surface area contributed by atoms with Crippen LogP contribution in [-0.2, 0) is 4.79 Å². The first-order valence-electron chi connectivity index (χ1n) is 10.3. The Kier molecular flexibility index (Phi) is 6.71. The molecule has 2 aromatic carbocycles. The highest BCUT2D eigenvalue weighted by Crippen LogP contribution is 2.43. The van der Waals surface area contributed by atoms with Crippen molar-refractivity contribution in [2.75, 3.05) is 18.1 Å². The molecule has 1 aliphatic heterocycles. The summed E-state index contributed by atoms with van der Waals surface area (Å²) < 4.78 is 5.43. The number of aryl methyl sites for hydroxylation is 1. The molecule has 0 saturated carbocycles. The van der Waals surface area contributed by atoms with Crippen molar-refractivity contribution in [1.29, 1.82) is 0 Å². The number of amides is 1. The monoisotopic (exact) mass is 427 g/mol. The second-order valence-electron chi connectivity index (χ2n) is 8.44. The number of benzene rings is 2. The van der Waals surface area contributed by atoms with Crippen molar-refractivity contribution in [3.63, 3.8) is 0 Å². The number of carbonyl (C=O) groups excluding carboxylic acids is 1. The molecule has 0 aromatic heterocycles. The third-order valence-electron chi connectivity index (χ3n) is 5.68. The van der Waals surface area contributed by atoms with E-state index in [1.54, 1.807) is 24.4 Å².